The van der Waals surface area contributed by atoms with Crippen LogP contribution in [0.3, 0.4) is 0 Å². The van der Waals surface area contributed by atoms with Crippen molar-refractivity contribution in [3.8, 4) is 5.75 Å². The topological polar surface area (TPSA) is 173 Å². The number of rotatable bonds is 10. The number of carbonyl (C=O) groups excluding carboxylic acids is 3. The number of aliphatic carboxylic acids is 2. The molecule has 0 spiro atoms. The van der Waals surface area contributed by atoms with Crippen molar-refractivity contribution in [1.82, 2.24) is 15.5 Å². The van der Waals surface area contributed by atoms with Crippen molar-refractivity contribution in [2.24, 2.45) is 5.41 Å². The zero-order chi connectivity index (χ0) is 29.8. The molecule has 3 amide bonds. The number of phenolic OH excluding ortho intramolecular Hbond substituents is 1. The van der Waals surface area contributed by atoms with Crippen LogP contribution >= 0.6 is 0 Å². The third-order valence-electron chi connectivity index (χ3n) is 6.63. The second-order valence-electron chi connectivity index (χ2n) is 11.2. The summed E-state index contributed by atoms with van der Waals surface area (Å²) >= 11 is 0. The van der Waals surface area contributed by atoms with Gasteiger partial charge in [0.05, 0.1) is 0 Å². The molecule has 3 atom stereocenters. The first-order chi connectivity index (χ1) is 18.7. The quantitative estimate of drug-likeness (QED) is 0.298. The average molecular weight is 554 g/mol. The molecule has 2 aromatic rings. The zero-order valence-corrected chi connectivity index (χ0v) is 22.9. The maximum atomic E-state index is 13.3. The average Bonchev–Trinajstić information content (AvgIpc) is 3.22. The van der Waals surface area contributed by atoms with Crippen molar-refractivity contribution in [2.45, 2.75) is 71.6 Å². The van der Waals surface area contributed by atoms with E-state index in [0.717, 1.165) is 0 Å². The van der Waals surface area contributed by atoms with Gasteiger partial charge in [-0.2, -0.15) is 0 Å². The molecule has 40 heavy (non-hydrogen) atoms. The molecule has 0 bridgehead atoms. The van der Waals surface area contributed by atoms with Crippen LogP contribution in [-0.4, -0.2) is 62.0 Å². The minimum Gasteiger partial charge on any atom is -0.508 e. The van der Waals surface area contributed by atoms with Crippen molar-refractivity contribution >= 4 is 29.7 Å². The van der Waals surface area contributed by atoms with Crippen molar-refractivity contribution in [2.75, 3.05) is 0 Å². The number of nitrogens with one attached hydrogen (secondary N) is 2. The minimum atomic E-state index is -1.39. The third kappa shape index (κ3) is 7.58. The lowest BCUT2D eigenvalue weighted by Crippen LogP contribution is -2.47. The molecule has 11 nitrogen and oxygen atoms in total. The summed E-state index contributed by atoms with van der Waals surface area (Å²) in [6, 6.07) is 7.34. The lowest BCUT2D eigenvalue weighted by molar-refractivity contribution is -0.144. The molecule has 0 saturated heterocycles. The van der Waals surface area contributed by atoms with E-state index < -0.39 is 41.9 Å². The molecule has 1 aliphatic rings. The van der Waals surface area contributed by atoms with Crippen LogP contribution in [0.25, 0.3) is 0 Å². The fraction of sp³-hybridized carbons (Fsp3) is 0.414. The highest BCUT2D eigenvalue weighted by molar-refractivity contribution is 5.92. The molecule has 11 heteroatoms. The van der Waals surface area contributed by atoms with E-state index in [1.54, 1.807) is 24.3 Å². The van der Waals surface area contributed by atoms with Gasteiger partial charge in [-0.1, -0.05) is 51.1 Å². The number of carboxylic acids is 2. The van der Waals surface area contributed by atoms with Crippen molar-refractivity contribution in [3.05, 3.63) is 64.7 Å². The summed E-state index contributed by atoms with van der Waals surface area (Å²) < 4.78 is 0. The first kappa shape index (κ1) is 30.1. The Balaban J connectivity index is 1.81. The van der Waals surface area contributed by atoms with Crippen LogP contribution in [0.15, 0.2) is 42.5 Å². The third-order valence-corrected chi connectivity index (χ3v) is 6.63. The first-order valence-corrected chi connectivity index (χ1v) is 12.9. The normalized spacial score (nSPS) is 16.0. The predicted molar refractivity (Wildman–Crippen MR) is 144 cm³/mol. The lowest BCUT2D eigenvalue weighted by Gasteiger charge is -2.25. The molecule has 3 rings (SSSR count). The molecule has 0 aliphatic carbocycles. The molecule has 1 heterocycles. The lowest BCUT2D eigenvalue weighted by atomic mass is 9.91. The Kier molecular flexibility index (Phi) is 9.18. The van der Waals surface area contributed by atoms with Crippen LogP contribution in [-0.2, 0) is 43.4 Å². The predicted octanol–water partition coefficient (Wildman–Crippen LogP) is 2.16. The number of carboxylic acid groups (broad SMARTS) is 2. The smallest absolute Gasteiger partial charge is 0.326 e. The van der Waals surface area contributed by atoms with Crippen molar-refractivity contribution in [3.63, 3.8) is 0 Å². The number of amides is 3. The van der Waals surface area contributed by atoms with Gasteiger partial charge in [0.2, 0.25) is 17.7 Å². The largest absolute Gasteiger partial charge is 0.508 e. The summed E-state index contributed by atoms with van der Waals surface area (Å²) in [5.41, 5.74) is 1.74. The number of phenols is 1. The first-order valence-electron chi connectivity index (χ1n) is 12.9. The summed E-state index contributed by atoms with van der Waals surface area (Å²) in [4.78, 5) is 63.4. The fourth-order valence-electron chi connectivity index (χ4n) is 4.79. The monoisotopic (exact) mass is 553 g/mol. The maximum Gasteiger partial charge on any atom is 0.326 e. The van der Waals surface area contributed by atoms with Gasteiger partial charge in [-0.15, -0.1) is 0 Å². The fourth-order valence-corrected chi connectivity index (χ4v) is 4.79. The molecule has 3 unspecified atom stereocenters. The van der Waals surface area contributed by atoms with Crippen LogP contribution in [0.2, 0.25) is 0 Å². The van der Waals surface area contributed by atoms with E-state index in [1.165, 1.54) is 30.0 Å². The number of carbonyl (C=O) groups is 5. The number of nitrogens with zero attached hydrogens (tertiary/aromatic N) is 1. The summed E-state index contributed by atoms with van der Waals surface area (Å²) in [5.74, 6) is -4.04. The second kappa shape index (κ2) is 12.2. The summed E-state index contributed by atoms with van der Waals surface area (Å²) in [6.45, 7) is 6.98. The Morgan fingerprint density at radius 2 is 1.48 bits per heavy atom. The van der Waals surface area contributed by atoms with Gasteiger partial charge in [-0.3, -0.25) is 14.4 Å². The SMILES string of the molecule is CC(=O)N1Cc2cc(O)ccc2C1C(=O)NC(Cc1ccccc1CC(NC(=O)CC(C)(C)C)C(=O)O)C(=O)O. The molecule has 2 aromatic carbocycles. The molecule has 0 saturated carbocycles. The van der Waals surface area contributed by atoms with Crippen LogP contribution in [0.5, 0.6) is 5.75 Å². The second-order valence-corrected chi connectivity index (χ2v) is 11.2. The highest BCUT2D eigenvalue weighted by Gasteiger charge is 2.39. The number of fused-ring (bicyclic) bond motifs is 1. The molecule has 0 aromatic heterocycles. The molecule has 0 fully saturated rings. The summed E-state index contributed by atoms with van der Waals surface area (Å²) in [6.07, 6.45) is -0.110. The number of benzene rings is 2. The molecule has 214 valence electrons. The molecular weight excluding hydrogens is 518 g/mol. The zero-order valence-electron chi connectivity index (χ0n) is 22.9. The van der Waals surface area contributed by atoms with Crippen molar-refractivity contribution < 1.29 is 39.3 Å². The van der Waals surface area contributed by atoms with E-state index in [9.17, 15) is 39.3 Å². The van der Waals surface area contributed by atoms with E-state index in [2.05, 4.69) is 10.6 Å². The van der Waals surface area contributed by atoms with Gasteiger partial charge in [0.15, 0.2) is 0 Å². The molecule has 0 radical (unpaired) electrons. The van der Waals surface area contributed by atoms with E-state index >= 15 is 0 Å². The van der Waals surface area contributed by atoms with Gasteiger partial charge in [0.1, 0.15) is 23.9 Å². The minimum absolute atomic E-state index is 0.0161. The number of hydrogen-bond acceptors (Lipinski definition) is 6. The highest BCUT2D eigenvalue weighted by Crippen LogP contribution is 2.36. The van der Waals surface area contributed by atoms with Gasteiger partial charge >= 0.3 is 11.9 Å². The Labute approximate surface area is 232 Å². The van der Waals surface area contributed by atoms with E-state index in [4.69, 9.17) is 0 Å². The number of hydrogen-bond donors (Lipinski definition) is 5. The highest BCUT2D eigenvalue weighted by atomic mass is 16.4. The van der Waals surface area contributed by atoms with Crippen LogP contribution in [0.4, 0.5) is 0 Å². The van der Waals surface area contributed by atoms with E-state index in [-0.39, 0.29) is 42.9 Å². The van der Waals surface area contributed by atoms with Crippen LogP contribution in [0, 0.1) is 5.41 Å². The Hall–Kier alpha value is -4.41. The van der Waals surface area contributed by atoms with Crippen molar-refractivity contribution in [1.29, 1.82) is 0 Å². The molecule has 1 aliphatic heterocycles. The van der Waals surface area contributed by atoms with E-state index in [1.807, 2.05) is 20.8 Å². The van der Waals surface area contributed by atoms with Gasteiger partial charge in [-0.25, -0.2) is 9.59 Å². The Bertz CT molecular complexity index is 1320. The van der Waals surface area contributed by atoms with Crippen LogP contribution < -0.4 is 10.6 Å². The summed E-state index contributed by atoms with van der Waals surface area (Å²) in [5, 5.41) is 34.6. The standard InChI is InChI=1S/C29H35N3O8/c1-16(33)32-15-19-11-20(34)9-10-21(19)25(32)26(36)31-23(28(39)40)13-18-8-6-5-7-17(18)12-22(27(37)38)30-24(35)14-29(2,3)4/h5-11,22-23,25,34H,12-15H2,1-4H3,(H,30,35)(H,31,36)(H,37,38)(H,39,40). The van der Waals surface area contributed by atoms with Gasteiger partial charge in [0, 0.05) is 32.7 Å². The molecule has 5 N–H and O–H groups in total. The number of aromatic hydroxyl groups is 1. The summed E-state index contributed by atoms with van der Waals surface area (Å²) in [7, 11) is 0. The Morgan fingerprint density at radius 1 is 0.925 bits per heavy atom. The Morgan fingerprint density at radius 3 is 1.98 bits per heavy atom. The molecular formula is C29H35N3O8. The van der Waals surface area contributed by atoms with Crippen LogP contribution in [0.1, 0.15) is 62.4 Å². The van der Waals surface area contributed by atoms with E-state index in [0.29, 0.717) is 22.3 Å². The maximum absolute atomic E-state index is 13.3. The van der Waals surface area contributed by atoms with Gasteiger partial charge < -0.3 is 30.9 Å². The van der Waals surface area contributed by atoms with Gasteiger partial charge in [0.25, 0.3) is 0 Å². The van der Waals surface area contributed by atoms with Gasteiger partial charge in [-0.05, 0) is 39.8 Å².